The third-order valence-corrected chi connectivity index (χ3v) is 8.03. The molecular formula is C27H52. The van der Waals surface area contributed by atoms with E-state index in [-0.39, 0.29) is 0 Å². The van der Waals surface area contributed by atoms with Gasteiger partial charge in [0.1, 0.15) is 0 Å². The maximum atomic E-state index is 2.32. The minimum atomic E-state index is 1.09. The summed E-state index contributed by atoms with van der Waals surface area (Å²) in [7, 11) is 0. The van der Waals surface area contributed by atoms with E-state index in [4.69, 9.17) is 0 Å². The predicted molar refractivity (Wildman–Crippen MR) is 122 cm³/mol. The van der Waals surface area contributed by atoms with Crippen LogP contribution in [-0.2, 0) is 0 Å². The third kappa shape index (κ3) is 10.4. The van der Waals surface area contributed by atoms with Gasteiger partial charge in [-0.05, 0) is 30.1 Å². The van der Waals surface area contributed by atoms with Crippen LogP contribution in [0.15, 0.2) is 0 Å². The van der Waals surface area contributed by atoms with Gasteiger partial charge in [-0.2, -0.15) is 0 Å². The first-order chi connectivity index (χ1) is 13.3. The zero-order valence-electron chi connectivity index (χ0n) is 19.2. The van der Waals surface area contributed by atoms with Gasteiger partial charge < -0.3 is 0 Å². The predicted octanol–water partition coefficient (Wildman–Crippen LogP) is 9.71. The fourth-order valence-electron chi connectivity index (χ4n) is 6.06. The normalized spacial score (nSPS) is 29.1. The number of hydrogen-bond acceptors (Lipinski definition) is 0. The summed E-state index contributed by atoms with van der Waals surface area (Å²) in [5, 5.41) is 0. The van der Waals surface area contributed by atoms with E-state index in [0.717, 1.165) is 23.7 Å². The van der Waals surface area contributed by atoms with E-state index in [1.165, 1.54) is 64.2 Å². The van der Waals surface area contributed by atoms with Crippen LogP contribution >= 0.6 is 0 Å². The maximum absolute atomic E-state index is 2.32. The standard InChI is InChI=1S/C27H52/c1-3-5-7-9-11-13-24-15-19-26(20-16-24)23-27-21-17-25(18-22-27)14-12-10-8-6-4-2/h24-27H,3-23H2,1-2H3/t24-,25-,26-,27-. The monoisotopic (exact) mass is 376 g/mol. The van der Waals surface area contributed by atoms with Crippen LogP contribution in [0, 0.1) is 23.7 Å². The van der Waals surface area contributed by atoms with E-state index in [1.807, 2.05) is 0 Å². The lowest BCUT2D eigenvalue weighted by Crippen LogP contribution is -2.21. The maximum Gasteiger partial charge on any atom is -0.0411 e. The third-order valence-electron chi connectivity index (χ3n) is 8.03. The summed E-state index contributed by atoms with van der Waals surface area (Å²) in [4.78, 5) is 0. The van der Waals surface area contributed by atoms with Crippen LogP contribution in [0.1, 0.15) is 149 Å². The van der Waals surface area contributed by atoms with Crippen LogP contribution in [0.4, 0.5) is 0 Å². The second-order valence-corrected chi connectivity index (χ2v) is 10.4. The first-order valence-corrected chi connectivity index (χ1v) is 13.3. The molecule has 160 valence electrons. The number of rotatable bonds is 14. The highest BCUT2D eigenvalue weighted by Gasteiger charge is 2.26. The van der Waals surface area contributed by atoms with E-state index in [0.29, 0.717) is 0 Å². The van der Waals surface area contributed by atoms with E-state index in [1.54, 1.807) is 70.6 Å². The quantitative estimate of drug-likeness (QED) is 0.265. The molecule has 27 heavy (non-hydrogen) atoms. The Bertz CT molecular complexity index is 285. The molecule has 0 atom stereocenters. The van der Waals surface area contributed by atoms with E-state index in [9.17, 15) is 0 Å². The second-order valence-electron chi connectivity index (χ2n) is 10.4. The van der Waals surface area contributed by atoms with Crippen molar-refractivity contribution < 1.29 is 0 Å². The highest BCUT2D eigenvalue weighted by molar-refractivity contribution is 4.79. The molecule has 0 aromatic carbocycles. The van der Waals surface area contributed by atoms with E-state index in [2.05, 4.69) is 13.8 Å². The molecule has 2 saturated carbocycles. The first-order valence-electron chi connectivity index (χ1n) is 13.3. The Morgan fingerprint density at radius 2 is 0.741 bits per heavy atom. The molecule has 0 heterocycles. The zero-order chi connectivity index (χ0) is 19.2. The average Bonchev–Trinajstić information content (AvgIpc) is 2.70. The van der Waals surface area contributed by atoms with E-state index < -0.39 is 0 Å². The minimum absolute atomic E-state index is 1.09. The van der Waals surface area contributed by atoms with Crippen molar-refractivity contribution in [3.05, 3.63) is 0 Å². The molecule has 0 aromatic rings. The largest absolute Gasteiger partial charge is 0.0654 e. The summed E-state index contributed by atoms with van der Waals surface area (Å²) in [5.41, 5.74) is 0. The van der Waals surface area contributed by atoms with Crippen LogP contribution in [0.2, 0.25) is 0 Å². The van der Waals surface area contributed by atoms with E-state index >= 15 is 0 Å². The molecule has 0 aliphatic heterocycles. The Labute approximate surface area is 172 Å². The molecule has 0 bridgehead atoms. The molecule has 2 rings (SSSR count). The molecule has 0 spiro atoms. The van der Waals surface area contributed by atoms with Crippen LogP contribution in [0.3, 0.4) is 0 Å². The highest BCUT2D eigenvalue weighted by Crippen LogP contribution is 2.40. The van der Waals surface area contributed by atoms with Gasteiger partial charge in [0, 0.05) is 0 Å². The van der Waals surface area contributed by atoms with Crippen molar-refractivity contribution in [1.82, 2.24) is 0 Å². The molecule has 0 nitrogen and oxygen atoms in total. The van der Waals surface area contributed by atoms with Gasteiger partial charge in [-0.1, -0.05) is 142 Å². The van der Waals surface area contributed by atoms with Crippen molar-refractivity contribution in [2.75, 3.05) is 0 Å². The fourth-order valence-corrected chi connectivity index (χ4v) is 6.06. The number of unbranched alkanes of at least 4 members (excludes halogenated alkanes) is 8. The van der Waals surface area contributed by atoms with Crippen molar-refractivity contribution in [3.63, 3.8) is 0 Å². The van der Waals surface area contributed by atoms with Crippen molar-refractivity contribution in [1.29, 1.82) is 0 Å². The van der Waals surface area contributed by atoms with Gasteiger partial charge >= 0.3 is 0 Å². The molecule has 2 aliphatic carbocycles. The highest BCUT2D eigenvalue weighted by atomic mass is 14.3. The molecule has 0 saturated heterocycles. The zero-order valence-corrected chi connectivity index (χ0v) is 19.2. The molecule has 0 heteroatoms. The van der Waals surface area contributed by atoms with Gasteiger partial charge in [0.2, 0.25) is 0 Å². The first kappa shape index (κ1) is 23.3. The minimum Gasteiger partial charge on any atom is -0.0654 e. The lowest BCUT2D eigenvalue weighted by molar-refractivity contribution is 0.182. The Morgan fingerprint density at radius 3 is 1.11 bits per heavy atom. The van der Waals surface area contributed by atoms with Crippen LogP contribution in [-0.4, -0.2) is 0 Å². The average molecular weight is 377 g/mol. The van der Waals surface area contributed by atoms with Crippen molar-refractivity contribution in [2.24, 2.45) is 23.7 Å². The van der Waals surface area contributed by atoms with Gasteiger partial charge in [0.15, 0.2) is 0 Å². The van der Waals surface area contributed by atoms with Crippen LogP contribution in [0.5, 0.6) is 0 Å². The Kier molecular flexibility index (Phi) is 12.9. The molecule has 0 aromatic heterocycles. The smallest absolute Gasteiger partial charge is 0.0411 e. The molecule has 2 aliphatic rings. The summed E-state index contributed by atoms with van der Waals surface area (Å²) in [6, 6.07) is 0. The summed E-state index contributed by atoms with van der Waals surface area (Å²) >= 11 is 0. The molecule has 0 radical (unpaired) electrons. The SMILES string of the molecule is CCCCCCC[C@H]1CC[C@H](C[C@H]2CC[C@H](CCCCCCC)CC2)CC1. The van der Waals surface area contributed by atoms with Crippen LogP contribution in [0.25, 0.3) is 0 Å². The van der Waals surface area contributed by atoms with Crippen molar-refractivity contribution in [2.45, 2.75) is 149 Å². The fraction of sp³-hybridized carbons (Fsp3) is 1.00. The topological polar surface area (TPSA) is 0 Å². The van der Waals surface area contributed by atoms with Crippen molar-refractivity contribution >= 4 is 0 Å². The van der Waals surface area contributed by atoms with Crippen LogP contribution < -0.4 is 0 Å². The van der Waals surface area contributed by atoms with Gasteiger partial charge in [-0.25, -0.2) is 0 Å². The Balaban J connectivity index is 1.47. The van der Waals surface area contributed by atoms with Crippen molar-refractivity contribution in [3.8, 4) is 0 Å². The molecular weight excluding hydrogens is 324 g/mol. The summed E-state index contributed by atoms with van der Waals surface area (Å²) in [6.45, 7) is 4.64. The molecule has 0 unspecified atom stereocenters. The summed E-state index contributed by atoms with van der Waals surface area (Å²) in [6.07, 6.45) is 31.8. The van der Waals surface area contributed by atoms with Gasteiger partial charge in [-0.15, -0.1) is 0 Å². The van der Waals surface area contributed by atoms with Gasteiger partial charge in [0.25, 0.3) is 0 Å². The molecule has 0 amide bonds. The Morgan fingerprint density at radius 1 is 0.407 bits per heavy atom. The molecule has 2 fully saturated rings. The number of hydrogen-bond donors (Lipinski definition) is 0. The lowest BCUT2D eigenvalue weighted by atomic mass is 9.72. The summed E-state index contributed by atoms with van der Waals surface area (Å²) < 4.78 is 0. The summed E-state index contributed by atoms with van der Waals surface area (Å²) in [5.74, 6) is 4.37. The second kappa shape index (κ2) is 14.9. The van der Waals surface area contributed by atoms with Gasteiger partial charge in [-0.3, -0.25) is 0 Å². The van der Waals surface area contributed by atoms with Gasteiger partial charge in [0.05, 0.1) is 0 Å². The Hall–Kier alpha value is 0. The molecule has 0 N–H and O–H groups in total. The lowest BCUT2D eigenvalue weighted by Gasteiger charge is -2.34.